The molecule has 0 aliphatic carbocycles. The highest BCUT2D eigenvalue weighted by Gasteiger charge is 1.93. The number of nitrogens with one attached hydrogen (secondary N) is 1. The molecule has 0 radical (unpaired) electrons. The molecule has 1 nitrogen and oxygen atoms in total. The zero-order valence-corrected chi connectivity index (χ0v) is 7.20. The molecule has 0 amide bonds. The van der Waals surface area contributed by atoms with E-state index in [2.05, 4.69) is 31.0 Å². The summed E-state index contributed by atoms with van der Waals surface area (Å²) in [6.45, 7) is 7.28. The maximum absolute atomic E-state index is 3.36. The average Bonchev–Trinajstić information content (AvgIpc) is 1.98. The summed E-state index contributed by atoms with van der Waals surface area (Å²) >= 11 is 0. The molecule has 0 saturated heterocycles. The average molecular weight is 139 g/mol. The van der Waals surface area contributed by atoms with Gasteiger partial charge in [-0.05, 0) is 20.3 Å². The minimum absolute atomic E-state index is 0.638. The van der Waals surface area contributed by atoms with Crippen LogP contribution in [0.15, 0.2) is 0 Å². The molecule has 0 aliphatic rings. The lowest BCUT2D eigenvalue weighted by Crippen LogP contribution is -2.25. The molecular weight excluding hydrogens is 122 g/mol. The van der Waals surface area contributed by atoms with E-state index in [-0.39, 0.29) is 0 Å². The van der Waals surface area contributed by atoms with Crippen LogP contribution in [0.25, 0.3) is 0 Å². The Labute approximate surface area is 64.2 Å². The minimum atomic E-state index is 0.638. The van der Waals surface area contributed by atoms with Gasteiger partial charge in [0.05, 0.1) is 0 Å². The third-order valence-corrected chi connectivity index (χ3v) is 1.53. The first-order valence-corrected chi connectivity index (χ1v) is 3.94. The summed E-state index contributed by atoms with van der Waals surface area (Å²) < 4.78 is 0. The van der Waals surface area contributed by atoms with Gasteiger partial charge in [0.15, 0.2) is 0 Å². The quantitative estimate of drug-likeness (QED) is 0.462. The van der Waals surface area contributed by atoms with Crippen LogP contribution >= 0.6 is 0 Å². The lowest BCUT2D eigenvalue weighted by atomic mass is 10.2. The van der Waals surface area contributed by atoms with E-state index in [0.29, 0.717) is 6.04 Å². The van der Waals surface area contributed by atoms with Gasteiger partial charge < -0.3 is 5.32 Å². The third kappa shape index (κ3) is 5.65. The van der Waals surface area contributed by atoms with Crippen LogP contribution in [0.3, 0.4) is 0 Å². The van der Waals surface area contributed by atoms with E-state index in [1.54, 1.807) is 0 Å². The van der Waals surface area contributed by atoms with Crippen molar-refractivity contribution in [2.45, 2.75) is 39.7 Å². The lowest BCUT2D eigenvalue weighted by Gasteiger charge is -2.08. The Kier molecular flexibility index (Phi) is 6.32. The monoisotopic (exact) mass is 139 g/mol. The SMILES string of the molecule is CC#CCCNC(C)CC. The van der Waals surface area contributed by atoms with E-state index >= 15 is 0 Å². The molecule has 0 aliphatic heterocycles. The molecule has 0 spiro atoms. The second-order valence-corrected chi connectivity index (χ2v) is 2.44. The highest BCUT2D eigenvalue weighted by molar-refractivity contribution is 4.95. The van der Waals surface area contributed by atoms with Crippen molar-refractivity contribution in [2.24, 2.45) is 0 Å². The van der Waals surface area contributed by atoms with Crippen molar-refractivity contribution in [2.75, 3.05) is 6.54 Å². The van der Waals surface area contributed by atoms with Crippen LogP contribution in [0.4, 0.5) is 0 Å². The lowest BCUT2D eigenvalue weighted by molar-refractivity contribution is 0.542. The van der Waals surface area contributed by atoms with Crippen LogP contribution in [-0.2, 0) is 0 Å². The Morgan fingerprint density at radius 3 is 2.70 bits per heavy atom. The fraction of sp³-hybridized carbons (Fsp3) is 0.778. The van der Waals surface area contributed by atoms with Gasteiger partial charge in [-0.2, -0.15) is 0 Å². The highest BCUT2D eigenvalue weighted by Crippen LogP contribution is 1.86. The van der Waals surface area contributed by atoms with Crippen molar-refractivity contribution in [3.63, 3.8) is 0 Å². The van der Waals surface area contributed by atoms with Gasteiger partial charge in [0.25, 0.3) is 0 Å². The van der Waals surface area contributed by atoms with Crippen LogP contribution in [0, 0.1) is 11.8 Å². The van der Waals surface area contributed by atoms with Crippen LogP contribution in [0.1, 0.15) is 33.6 Å². The van der Waals surface area contributed by atoms with Crippen molar-refractivity contribution in [1.29, 1.82) is 0 Å². The highest BCUT2D eigenvalue weighted by atomic mass is 14.9. The van der Waals surface area contributed by atoms with Gasteiger partial charge >= 0.3 is 0 Å². The van der Waals surface area contributed by atoms with Crippen LogP contribution in [0.2, 0.25) is 0 Å². The molecule has 0 aromatic carbocycles. The van der Waals surface area contributed by atoms with E-state index < -0.39 is 0 Å². The van der Waals surface area contributed by atoms with Gasteiger partial charge in [-0.15, -0.1) is 11.8 Å². The second kappa shape index (κ2) is 6.64. The molecule has 0 heterocycles. The number of hydrogen-bond donors (Lipinski definition) is 1. The van der Waals surface area contributed by atoms with E-state index in [0.717, 1.165) is 13.0 Å². The fourth-order valence-electron chi connectivity index (χ4n) is 0.650. The summed E-state index contributed by atoms with van der Waals surface area (Å²) in [7, 11) is 0. The molecule has 1 atom stereocenters. The second-order valence-electron chi connectivity index (χ2n) is 2.44. The van der Waals surface area contributed by atoms with Crippen LogP contribution < -0.4 is 5.32 Å². The first-order chi connectivity index (χ1) is 4.81. The van der Waals surface area contributed by atoms with Gasteiger partial charge in [-0.1, -0.05) is 6.92 Å². The topological polar surface area (TPSA) is 12.0 Å². The van der Waals surface area contributed by atoms with Gasteiger partial charge in [-0.25, -0.2) is 0 Å². The molecule has 58 valence electrons. The van der Waals surface area contributed by atoms with Gasteiger partial charge in [-0.3, -0.25) is 0 Å². The Bertz CT molecular complexity index is 118. The summed E-state index contributed by atoms with van der Waals surface area (Å²) in [4.78, 5) is 0. The van der Waals surface area contributed by atoms with Crippen molar-refractivity contribution >= 4 is 0 Å². The van der Waals surface area contributed by atoms with Crippen molar-refractivity contribution < 1.29 is 0 Å². The molecule has 10 heavy (non-hydrogen) atoms. The van der Waals surface area contributed by atoms with Gasteiger partial charge in [0.2, 0.25) is 0 Å². The molecule has 0 fully saturated rings. The van der Waals surface area contributed by atoms with E-state index in [9.17, 15) is 0 Å². The first kappa shape index (κ1) is 9.52. The van der Waals surface area contributed by atoms with Gasteiger partial charge in [0, 0.05) is 19.0 Å². The maximum atomic E-state index is 3.36. The number of rotatable bonds is 4. The molecule has 1 heteroatoms. The summed E-state index contributed by atoms with van der Waals surface area (Å²) in [5.74, 6) is 5.88. The van der Waals surface area contributed by atoms with E-state index in [1.165, 1.54) is 6.42 Å². The molecule has 1 N–H and O–H groups in total. The Hall–Kier alpha value is -0.480. The fourth-order valence-corrected chi connectivity index (χ4v) is 0.650. The molecule has 1 unspecified atom stereocenters. The van der Waals surface area contributed by atoms with Crippen molar-refractivity contribution in [1.82, 2.24) is 5.32 Å². The summed E-state index contributed by atoms with van der Waals surface area (Å²) in [5.41, 5.74) is 0. The van der Waals surface area contributed by atoms with E-state index in [1.807, 2.05) is 6.92 Å². The van der Waals surface area contributed by atoms with Crippen LogP contribution in [-0.4, -0.2) is 12.6 Å². The summed E-state index contributed by atoms with van der Waals surface area (Å²) in [6, 6.07) is 0.638. The van der Waals surface area contributed by atoms with E-state index in [4.69, 9.17) is 0 Å². The molecule has 0 saturated carbocycles. The summed E-state index contributed by atoms with van der Waals surface area (Å²) in [6.07, 6.45) is 2.17. The molecule has 0 rings (SSSR count). The Morgan fingerprint density at radius 1 is 1.50 bits per heavy atom. The van der Waals surface area contributed by atoms with Gasteiger partial charge in [0.1, 0.15) is 0 Å². The zero-order chi connectivity index (χ0) is 7.82. The molecule has 0 bridgehead atoms. The molecule has 0 aromatic heterocycles. The molecular formula is C9H17N. The minimum Gasteiger partial charge on any atom is -0.313 e. The number of hydrogen-bond acceptors (Lipinski definition) is 1. The maximum Gasteiger partial charge on any atom is 0.0214 e. The van der Waals surface area contributed by atoms with Crippen molar-refractivity contribution in [3.05, 3.63) is 0 Å². The zero-order valence-electron chi connectivity index (χ0n) is 7.20. The Balaban J connectivity index is 3.08. The van der Waals surface area contributed by atoms with Crippen LogP contribution in [0.5, 0.6) is 0 Å². The molecule has 0 aromatic rings. The third-order valence-electron chi connectivity index (χ3n) is 1.53. The standard InChI is InChI=1S/C9H17N/c1-4-6-7-8-10-9(3)5-2/h9-10H,5,7-8H2,1-3H3. The predicted molar refractivity (Wildman–Crippen MR) is 45.8 cm³/mol. The predicted octanol–water partition coefficient (Wildman–Crippen LogP) is 1.79. The Morgan fingerprint density at radius 2 is 2.20 bits per heavy atom. The smallest absolute Gasteiger partial charge is 0.0214 e. The largest absolute Gasteiger partial charge is 0.313 e. The van der Waals surface area contributed by atoms with Crippen molar-refractivity contribution in [3.8, 4) is 11.8 Å². The normalized spacial score (nSPS) is 11.9. The summed E-state index contributed by atoms with van der Waals surface area (Å²) in [5, 5.41) is 3.36. The first-order valence-electron chi connectivity index (χ1n) is 3.94.